The molecule has 0 aliphatic rings. The van der Waals surface area contributed by atoms with Crippen molar-refractivity contribution in [2.24, 2.45) is 5.73 Å². The lowest BCUT2D eigenvalue weighted by Gasteiger charge is -2.08. The second kappa shape index (κ2) is 4.81. The van der Waals surface area contributed by atoms with Crippen LogP contribution in [0.15, 0.2) is 30.5 Å². The number of hydrogen-bond donors (Lipinski definition) is 1. The molecule has 0 radical (unpaired) electrons. The number of ether oxygens (including phenoxy) is 2. The number of methoxy groups -OCH3 is 1. The first-order chi connectivity index (χ1) is 7.85. The van der Waals surface area contributed by atoms with Gasteiger partial charge in [-0.3, -0.25) is 0 Å². The summed E-state index contributed by atoms with van der Waals surface area (Å²) in [6.07, 6.45) is 1.72. The van der Waals surface area contributed by atoms with Crippen LogP contribution in [0.2, 0.25) is 0 Å². The SMILES string of the molecule is COc1ccc2ccnc(OCCN)c2c1. The van der Waals surface area contributed by atoms with E-state index in [0.29, 0.717) is 19.0 Å². The van der Waals surface area contributed by atoms with Crippen molar-refractivity contribution in [3.8, 4) is 11.6 Å². The Balaban J connectivity index is 2.46. The zero-order valence-electron chi connectivity index (χ0n) is 9.14. The highest BCUT2D eigenvalue weighted by molar-refractivity contribution is 5.87. The Morgan fingerprint density at radius 3 is 2.94 bits per heavy atom. The number of aromatic nitrogens is 1. The molecule has 2 N–H and O–H groups in total. The molecule has 1 aromatic carbocycles. The Kier molecular flexibility index (Phi) is 3.22. The van der Waals surface area contributed by atoms with Crippen LogP contribution in [-0.2, 0) is 0 Å². The van der Waals surface area contributed by atoms with E-state index in [2.05, 4.69) is 4.98 Å². The highest BCUT2D eigenvalue weighted by Gasteiger charge is 2.04. The van der Waals surface area contributed by atoms with Gasteiger partial charge in [-0.2, -0.15) is 0 Å². The molecular formula is C12H14N2O2. The Morgan fingerprint density at radius 1 is 1.31 bits per heavy atom. The lowest BCUT2D eigenvalue weighted by molar-refractivity contribution is 0.320. The van der Waals surface area contributed by atoms with Gasteiger partial charge in [0, 0.05) is 18.1 Å². The molecule has 0 saturated heterocycles. The van der Waals surface area contributed by atoms with Gasteiger partial charge in [-0.05, 0) is 23.6 Å². The van der Waals surface area contributed by atoms with Crippen molar-refractivity contribution in [2.45, 2.75) is 0 Å². The van der Waals surface area contributed by atoms with Gasteiger partial charge in [0.2, 0.25) is 5.88 Å². The van der Waals surface area contributed by atoms with Gasteiger partial charge >= 0.3 is 0 Å². The van der Waals surface area contributed by atoms with Crippen LogP contribution in [0.25, 0.3) is 10.8 Å². The second-order valence-corrected chi connectivity index (χ2v) is 3.34. The summed E-state index contributed by atoms with van der Waals surface area (Å²) in [5, 5.41) is 2.01. The summed E-state index contributed by atoms with van der Waals surface area (Å²) in [7, 11) is 1.64. The number of rotatable bonds is 4. The van der Waals surface area contributed by atoms with E-state index in [1.165, 1.54) is 0 Å². The van der Waals surface area contributed by atoms with Crippen LogP contribution in [0.4, 0.5) is 0 Å². The molecule has 84 valence electrons. The molecular weight excluding hydrogens is 204 g/mol. The average molecular weight is 218 g/mol. The highest BCUT2D eigenvalue weighted by Crippen LogP contribution is 2.26. The lowest BCUT2D eigenvalue weighted by Crippen LogP contribution is -2.11. The van der Waals surface area contributed by atoms with Crippen molar-refractivity contribution in [3.63, 3.8) is 0 Å². The molecule has 0 aliphatic carbocycles. The third-order valence-electron chi connectivity index (χ3n) is 2.29. The third-order valence-corrected chi connectivity index (χ3v) is 2.29. The summed E-state index contributed by atoms with van der Waals surface area (Å²) < 4.78 is 10.6. The maximum Gasteiger partial charge on any atom is 0.221 e. The van der Waals surface area contributed by atoms with E-state index in [1.54, 1.807) is 13.3 Å². The zero-order chi connectivity index (χ0) is 11.4. The van der Waals surface area contributed by atoms with Gasteiger partial charge in [-0.15, -0.1) is 0 Å². The summed E-state index contributed by atoms with van der Waals surface area (Å²) in [6.45, 7) is 0.936. The molecule has 0 fully saturated rings. The summed E-state index contributed by atoms with van der Waals surface area (Å²) in [5.74, 6) is 1.39. The summed E-state index contributed by atoms with van der Waals surface area (Å²) in [5.41, 5.74) is 5.40. The van der Waals surface area contributed by atoms with Crippen LogP contribution in [0.1, 0.15) is 0 Å². The maximum absolute atomic E-state index is 5.48. The minimum absolute atomic E-state index is 0.462. The van der Waals surface area contributed by atoms with E-state index in [0.717, 1.165) is 16.5 Å². The molecule has 0 atom stereocenters. The number of pyridine rings is 1. The van der Waals surface area contributed by atoms with Gasteiger partial charge in [0.05, 0.1) is 7.11 Å². The van der Waals surface area contributed by atoms with E-state index in [1.807, 2.05) is 24.3 Å². The standard InChI is InChI=1S/C12H14N2O2/c1-15-10-3-2-9-4-6-14-12(11(9)8-10)16-7-5-13/h2-4,6,8H,5,7,13H2,1H3. The largest absolute Gasteiger partial charge is 0.497 e. The monoisotopic (exact) mass is 218 g/mol. The zero-order valence-corrected chi connectivity index (χ0v) is 9.14. The summed E-state index contributed by atoms with van der Waals surface area (Å²) >= 11 is 0. The van der Waals surface area contributed by atoms with Gasteiger partial charge in [0.15, 0.2) is 0 Å². The molecule has 0 spiro atoms. The first kappa shape index (κ1) is 10.7. The number of nitrogens with zero attached hydrogens (tertiary/aromatic N) is 1. The number of fused-ring (bicyclic) bond motifs is 1. The quantitative estimate of drug-likeness (QED) is 0.846. The molecule has 1 heterocycles. The van der Waals surface area contributed by atoms with E-state index in [4.69, 9.17) is 15.2 Å². The predicted octanol–water partition coefficient (Wildman–Crippen LogP) is 1.58. The smallest absolute Gasteiger partial charge is 0.221 e. The Morgan fingerprint density at radius 2 is 2.19 bits per heavy atom. The molecule has 0 bridgehead atoms. The molecule has 4 heteroatoms. The fraction of sp³-hybridized carbons (Fsp3) is 0.250. The minimum atomic E-state index is 0.462. The van der Waals surface area contributed by atoms with Crippen LogP contribution < -0.4 is 15.2 Å². The van der Waals surface area contributed by atoms with Gasteiger partial charge in [0.1, 0.15) is 12.4 Å². The predicted molar refractivity (Wildman–Crippen MR) is 62.8 cm³/mol. The van der Waals surface area contributed by atoms with Crippen molar-refractivity contribution in [1.29, 1.82) is 0 Å². The van der Waals surface area contributed by atoms with E-state index in [9.17, 15) is 0 Å². The van der Waals surface area contributed by atoms with Crippen molar-refractivity contribution in [3.05, 3.63) is 30.5 Å². The Hall–Kier alpha value is -1.81. The normalized spacial score (nSPS) is 10.4. The number of benzene rings is 1. The van der Waals surface area contributed by atoms with Crippen molar-refractivity contribution in [2.75, 3.05) is 20.3 Å². The third kappa shape index (κ3) is 2.06. The highest BCUT2D eigenvalue weighted by atomic mass is 16.5. The van der Waals surface area contributed by atoms with Crippen molar-refractivity contribution < 1.29 is 9.47 Å². The fourth-order valence-electron chi connectivity index (χ4n) is 1.52. The maximum atomic E-state index is 5.48. The minimum Gasteiger partial charge on any atom is -0.497 e. The summed E-state index contributed by atoms with van der Waals surface area (Å²) in [6, 6.07) is 7.73. The van der Waals surface area contributed by atoms with Crippen LogP contribution in [0.5, 0.6) is 11.6 Å². The van der Waals surface area contributed by atoms with Crippen LogP contribution in [0.3, 0.4) is 0 Å². The molecule has 0 aliphatic heterocycles. The molecule has 2 rings (SSSR count). The van der Waals surface area contributed by atoms with Gasteiger partial charge < -0.3 is 15.2 Å². The summed E-state index contributed by atoms with van der Waals surface area (Å²) in [4.78, 5) is 4.19. The van der Waals surface area contributed by atoms with E-state index in [-0.39, 0.29) is 0 Å². The lowest BCUT2D eigenvalue weighted by atomic mass is 10.1. The van der Waals surface area contributed by atoms with Gasteiger partial charge in [-0.1, -0.05) is 6.07 Å². The first-order valence-corrected chi connectivity index (χ1v) is 5.11. The second-order valence-electron chi connectivity index (χ2n) is 3.34. The molecule has 2 aromatic rings. The first-order valence-electron chi connectivity index (χ1n) is 5.11. The van der Waals surface area contributed by atoms with Crippen molar-refractivity contribution in [1.82, 2.24) is 4.98 Å². The Labute approximate surface area is 94.0 Å². The van der Waals surface area contributed by atoms with Crippen molar-refractivity contribution >= 4 is 10.8 Å². The number of nitrogens with two attached hydrogens (primary N) is 1. The fourth-order valence-corrected chi connectivity index (χ4v) is 1.52. The van der Waals surface area contributed by atoms with E-state index < -0.39 is 0 Å². The van der Waals surface area contributed by atoms with Crippen LogP contribution in [0, 0.1) is 0 Å². The van der Waals surface area contributed by atoms with Crippen LogP contribution >= 0.6 is 0 Å². The van der Waals surface area contributed by atoms with E-state index >= 15 is 0 Å². The van der Waals surface area contributed by atoms with Gasteiger partial charge in [0.25, 0.3) is 0 Å². The topological polar surface area (TPSA) is 57.4 Å². The van der Waals surface area contributed by atoms with Crippen LogP contribution in [-0.4, -0.2) is 25.2 Å². The molecule has 4 nitrogen and oxygen atoms in total. The van der Waals surface area contributed by atoms with Gasteiger partial charge in [-0.25, -0.2) is 4.98 Å². The average Bonchev–Trinajstić information content (AvgIpc) is 2.35. The molecule has 0 amide bonds. The molecule has 0 saturated carbocycles. The molecule has 16 heavy (non-hydrogen) atoms. The number of hydrogen-bond acceptors (Lipinski definition) is 4. The molecule has 0 unspecified atom stereocenters. The Bertz CT molecular complexity index is 485. The molecule has 1 aromatic heterocycles.